The lowest BCUT2D eigenvalue weighted by Gasteiger charge is -2.10. The lowest BCUT2D eigenvalue weighted by atomic mass is 10.00. The Morgan fingerprint density at radius 1 is 0.909 bits per heavy atom. The molecule has 22 heavy (non-hydrogen) atoms. The zero-order valence-corrected chi connectivity index (χ0v) is 12.1. The molecule has 2 aromatic carbocycles. The number of hydrogen-bond donors (Lipinski definition) is 0. The van der Waals surface area contributed by atoms with E-state index in [2.05, 4.69) is 0 Å². The van der Waals surface area contributed by atoms with Gasteiger partial charge in [0.05, 0.1) is 0 Å². The number of benzene rings is 2. The Kier molecular flexibility index (Phi) is 2.86. The summed E-state index contributed by atoms with van der Waals surface area (Å²) in [5.41, 5.74) is 2.30. The first kappa shape index (κ1) is 12.9. The average molecular weight is 290 g/mol. The van der Waals surface area contributed by atoms with Crippen LogP contribution in [0, 0.1) is 6.92 Å². The first-order valence-electron chi connectivity index (χ1n) is 7.20. The molecule has 0 spiro atoms. The molecule has 1 aromatic heterocycles. The maximum absolute atomic E-state index is 12.8. The third-order valence-electron chi connectivity index (χ3n) is 3.89. The molecule has 108 valence electrons. The highest BCUT2D eigenvalue weighted by Crippen LogP contribution is 2.45. The average Bonchev–Trinajstić information content (AvgIpc) is 3.08. The van der Waals surface area contributed by atoms with Crippen molar-refractivity contribution >= 4 is 5.78 Å². The van der Waals surface area contributed by atoms with Gasteiger partial charge in [-0.15, -0.1) is 0 Å². The predicted molar refractivity (Wildman–Crippen MR) is 83.0 cm³/mol. The van der Waals surface area contributed by atoms with Crippen molar-refractivity contribution in [3.8, 4) is 17.1 Å². The van der Waals surface area contributed by atoms with E-state index in [9.17, 15) is 4.79 Å². The van der Waals surface area contributed by atoms with E-state index in [4.69, 9.17) is 9.15 Å². The molecule has 0 bridgehead atoms. The number of furan rings is 1. The number of fused-ring (bicyclic) bond motifs is 1. The van der Waals surface area contributed by atoms with Gasteiger partial charge in [-0.25, -0.2) is 0 Å². The Bertz CT molecular complexity index is 832. The van der Waals surface area contributed by atoms with Gasteiger partial charge in [-0.1, -0.05) is 60.7 Å². The Hall–Kier alpha value is -2.81. The van der Waals surface area contributed by atoms with Crippen LogP contribution in [-0.4, -0.2) is 5.78 Å². The molecule has 1 aliphatic heterocycles. The SMILES string of the molecule is Cc1oc(-c2ccccc2)c2c1OC(c1ccccc1)C2=O. The zero-order valence-electron chi connectivity index (χ0n) is 12.1. The highest BCUT2D eigenvalue weighted by molar-refractivity contribution is 6.09. The van der Waals surface area contributed by atoms with Gasteiger partial charge in [0.15, 0.2) is 11.9 Å². The summed E-state index contributed by atoms with van der Waals surface area (Å²) < 4.78 is 11.7. The summed E-state index contributed by atoms with van der Waals surface area (Å²) in [6, 6.07) is 19.2. The van der Waals surface area contributed by atoms with E-state index in [-0.39, 0.29) is 5.78 Å². The molecule has 2 heterocycles. The van der Waals surface area contributed by atoms with E-state index >= 15 is 0 Å². The Morgan fingerprint density at radius 2 is 1.55 bits per heavy atom. The third kappa shape index (κ3) is 1.86. The molecular formula is C19H14O3. The molecular weight excluding hydrogens is 276 g/mol. The highest BCUT2D eigenvalue weighted by atomic mass is 16.5. The van der Waals surface area contributed by atoms with Gasteiger partial charge in [0.25, 0.3) is 0 Å². The van der Waals surface area contributed by atoms with E-state index in [0.717, 1.165) is 11.1 Å². The van der Waals surface area contributed by atoms with Crippen LogP contribution >= 0.6 is 0 Å². The van der Waals surface area contributed by atoms with E-state index in [1.54, 1.807) is 0 Å². The van der Waals surface area contributed by atoms with Crippen LogP contribution in [0.15, 0.2) is 65.1 Å². The second-order valence-electron chi connectivity index (χ2n) is 5.33. The number of aryl methyl sites for hydroxylation is 1. The summed E-state index contributed by atoms with van der Waals surface area (Å²) in [5, 5.41) is 0. The molecule has 0 saturated carbocycles. The van der Waals surface area contributed by atoms with E-state index in [1.807, 2.05) is 67.6 Å². The molecule has 1 unspecified atom stereocenters. The molecule has 0 radical (unpaired) electrons. The largest absolute Gasteiger partial charge is 0.473 e. The smallest absolute Gasteiger partial charge is 0.215 e. The second-order valence-corrected chi connectivity index (χ2v) is 5.33. The van der Waals surface area contributed by atoms with Crippen molar-refractivity contribution in [3.63, 3.8) is 0 Å². The highest BCUT2D eigenvalue weighted by Gasteiger charge is 2.40. The van der Waals surface area contributed by atoms with E-state index in [1.165, 1.54) is 0 Å². The fraction of sp³-hybridized carbons (Fsp3) is 0.105. The summed E-state index contributed by atoms with van der Waals surface area (Å²) >= 11 is 0. The molecule has 0 N–H and O–H groups in total. The number of hydrogen-bond acceptors (Lipinski definition) is 3. The molecule has 1 atom stereocenters. The van der Waals surface area contributed by atoms with E-state index < -0.39 is 6.10 Å². The quantitative estimate of drug-likeness (QED) is 0.694. The normalized spacial score (nSPS) is 16.4. The summed E-state index contributed by atoms with van der Waals surface area (Å²) in [6.07, 6.45) is -0.580. The van der Waals surface area contributed by atoms with Gasteiger partial charge in [0.2, 0.25) is 5.78 Å². The summed E-state index contributed by atoms with van der Waals surface area (Å²) in [7, 11) is 0. The van der Waals surface area contributed by atoms with Gasteiger partial charge in [-0.05, 0) is 6.92 Å². The van der Waals surface area contributed by atoms with Crippen molar-refractivity contribution in [1.29, 1.82) is 0 Å². The minimum Gasteiger partial charge on any atom is -0.473 e. The van der Waals surface area contributed by atoms with Gasteiger partial charge < -0.3 is 9.15 Å². The van der Waals surface area contributed by atoms with Gasteiger partial charge in [0.1, 0.15) is 17.1 Å². The molecule has 3 heteroatoms. The zero-order chi connectivity index (χ0) is 15.1. The standard InChI is InChI=1S/C19H14O3/c1-12-17-15(18(21-12)13-8-4-2-5-9-13)16(20)19(22-17)14-10-6-3-7-11-14/h2-11,19H,1H3. The van der Waals surface area contributed by atoms with Gasteiger partial charge in [-0.3, -0.25) is 4.79 Å². The maximum Gasteiger partial charge on any atom is 0.215 e. The molecule has 0 fully saturated rings. The third-order valence-corrected chi connectivity index (χ3v) is 3.89. The Labute approximate surface area is 128 Å². The molecule has 3 nitrogen and oxygen atoms in total. The van der Waals surface area contributed by atoms with Crippen LogP contribution in [0.25, 0.3) is 11.3 Å². The molecule has 3 aromatic rings. The van der Waals surface area contributed by atoms with Crippen LogP contribution in [0.5, 0.6) is 5.75 Å². The Morgan fingerprint density at radius 3 is 2.23 bits per heavy atom. The van der Waals surface area contributed by atoms with Crippen LogP contribution in [0.1, 0.15) is 27.8 Å². The summed E-state index contributed by atoms with van der Waals surface area (Å²) in [6.45, 7) is 1.83. The monoisotopic (exact) mass is 290 g/mol. The minimum atomic E-state index is -0.580. The summed E-state index contributed by atoms with van der Waals surface area (Å²) in [5.74, 6) is 1.76. The van der Waals surface area contributed by atoms with Crippen molar-refractivity contribution in [2.24, 2.45) is 0 Å². The molecule has 0 aliphatic carbocycles. The number of rotatable bonds is 2. The number of carbonyl (C=O) groups is 1. The van der Waals surface area contributed by atoms with Crippen LogP contribution in [0.2, 0.25) is 0 Å². The van der Waals surface area contributed by atoms with Crippen molar-refractivity contribution in [2.75, 3.05) is 0 Å². The molecule has 4 rings (SSSR count). The first-order valence-corrected chi connectivity index (χ1v) is 7.20. The summed E-state index contributed by atoms with van der Waals surface area (Å²) in [4.78, 5) is 12.8. The van der Waals surface area contributed by atoms with Crippen molar-refractivity contribution in [1.82, 2.24) is 0 Å². The minimum absolute atomic E-state index is 0.0445. The fourth-order valence-electron chi connectivity index (χ4n) is 2.84. The van der Waals surface area contributed by atoms with Gasteiger partial charge in [0, 0.05) is 11.1 Å². The number of Topliss-reactive ketones (excluding diaryl/α,β-unsaturated/α-hetero) is 1. The van der Waals surface area contributed by atoms with Crippen LogP contribution < -0.4 is 4.74 Å². The topological polar surface area (TPSA) is 39.4 Å². The van der Waals surface area contributed by atoms with Crippen molar-refractivity contribution in [2.45, 2.75) is 13.0 Å². The molecule has 0 amide bonds. The molecule has 0 saturated heterocycles. The number of ketones is 1. The van der Waals surface area contributed by atoms with Crippen LogP contribution in [-0.2, 0) is 0 Å². The number of carbonyl (C=O) groups excluding carboxylic acids is 1. The van der Waals surface area contributed by atoms with Crippen molar-refractivity contribution < 1.29 is 13.9 Å². The fourth-order valence-corrected chi connectivity index (χ4v) is 2.84. The predicted octanol–water partition coefficient (Wildman–Crippen LogP) is 4.57. The lowest BCUT2D eigenvalue weighted by Crippen LogP contribution is -2.11. The van der Waals surface area contributed by atoms with Gasteiger partial charge in [-0.2, -0.15) is 0 Å². The molecule has 1 aliphatic rings. The van der Waals surface area contributed by atoms with Crippen molar-refractivity contribution in [3.05, 3.63) is 77.6 Å². The van der Waals surface area contributed by atoms with E-state index in [0.29, 0.717) is 22.8 Å². The second kappa shape index (κ2) is 4.88. The van der Waals surface area contributed by atoms with Crippen LogP contribution in [0.3, 0.4) is 0 Å². The Balaban J connectivity index is 1.82. The van der Waals surface area contributed by atoms with Gasteiger partial charge >= 0.3 is 0 Å². The lowest BCUT2D eigenvalue weighted by molar-refractivity contribution is 0.0852. The maximum atomic E-state index is 12.8. The number of ether oxygens (including phenoxy) is 1. The first-order chi connectivity index (χ1) is 10.8. The van der Waals surface area contributed by atoms with Crippen LogP contribution in [0.4, 0.5) is 0 Å².